The second kappa shape index (κ2) is 6.94. The Labute approximate surface area is 103 Å². The fourth-order valence-electron chi connectivity index (χ4n) is 1.81. The summed E-state index contributed by atoms with van der Waals surface area (Å²) in [5.74, 6) is -0.275. The Hall–Kier alpha value is -1.51. The molecule has 94 valence electrons. The summed E-state index contributed by atoms with van der Waals surface area (Å²) in [6, 6.07) is 7.56. The van der Waals surface area contributed by atoms with Crippen LogP contribution in [-0.4, -0.2) is 26.7 Å². The molecular formula is C14H21NO2. The number of carbonyl (C=O) groups excluding carboxylic acids is 1. The first-order chi connectivity index (χ1) is 8.20. The summed E-state index contributed by atoms with van der Waals surface area (Å²) in [4.78, 5) is 13.7. The molecule has 0 aromatic heterocycles. The van der Waals surface area contributed by atoms with Crippen molar-refractivity contribution in [3.05, 3.63) is 29.8 Å². The minimum atomic E-state index is -0.275. The Bertz CT molecular complexity index is 363. The molecule has 0 N–H and O–H groups in total. The fraction of sp³-hybridized carbons (Fsp3) is 0.500. The number of esters is 1. The van der Waals surface area contributed by atoms with Crippen LogP contribution in [0.2, 0.25) is 0 Å². The van der Waals surface area contributed by atoms with Crippen LogP contribution in [-0.2, 0) is 4.74 Å². The number of rotatable bonds is 6. The first-order valence-electron chi connectivity index (χ1n) is 6.09. The molecule has 1 rings (SSSR count). The number of unbranched alkanes of at least 4 members (excludes halogenated alkanes) is 2. The molecule has 0 saturated carbocycles. The van der Waals surface area contributed by atoms with Gasteiger partial charge in [-0.25, -0.2) is 4.79 Å². The van der Waals surface area contributed by atoms with E-state index in [0.717, 1.165) is 18.7 Å². The van der Waals surface area contributed by atoms with Crippen LogP contribution in [0.15, 0.2) is 24.3 Å². The van der Waals surface area contributed by atoms with Crippen LogP contribution in [0.4, 0.5) is 5.69 Å². The number of hydrogen-bond donors (Lipinski definition) is 0. The van der Waals surface area contributed by atoms with Crippen molar-refractivity contribution in [2.45, 2.75) is 26.2 Å². The van der Waals surface area contributed by atoms with E-state index in [0.29, 0.717) is 5.56 Å². The van der Waals surface area contributed by atoms with Gasteiger partial charge in [0.05, 0.1) is 18.4 Å². The lowest BCUT2D eigenvalue weighted by molar-refractivity contribution is 0.0601. The molecule has 0 radical (unpaired) electrons. The van der Waals surface area contributed by atoms with Crippen molar-refractivity contribution in [3.8, 4) is 0 Å². The van der Waals surface area contributed by atoms with E-state index in [1.165, 1.54) is 20.0 Å². The zero-order chi connectivity index (χ0) is 12.7. The summed E-state index contributed by atoms with van der Waals surface area (Å²) in [7, 11) is 3.42. The third-order valence-corrected chi connectivity index (χ3v) is 2.82. The average molecular weight is 235 g/mol. The van der Waals surface area contributed by atoms with E-state index in [1.54, 1.807) is 6.07 Å². The Balaban J connectivity index is 2.78. The van der Waals surface area contributed by atoms with E-state index in [1.807, 2.05) is 25.2 Å². The molecule has 17 heavy (non-hydrogen) atoms. The first-order valence-corrected chi connectivity index (χ1v) is 6.09. The maximum atomic E-state index is 11.6. The van der Waals surface area contributed by atoms with E-state index >= 15 is 0 Å². The molecule has 0 amide bonds. The summed E-state index contributed by atoms with van der Waals surface area (Å²) in [6.45, 7) is 3.14. The smallest absolute Gasteiger partial charge is 0.339 e. The lowest BCUT2D eigenvalue weighted by atomic mass is 10.1. The van der Waals surface area contributed by atoms with Crippen molar-refractivity contribution in [3.63, 3.8) is 0 Å². The van der Waals surface area contributed by atoms with Crippen molar-refractivity contribution < 1.29 is 9.53 Å². The van der Waals surface area contributed by atoms with Gasteiger partial charge in [0.25, 0.3) is 0 Å². The largest absolute Gasteiger partial charge is 0.465 e. The zero-order valence-electron chi connectivity index (χ0n) is 10.9. The number of para-hydroxylation sites is 1. The molecule has 3 nitrogen and oxygen atoms in total. The number of benzene rings is 1. The molecule has 3 heteroatoms. The molecule has 0 aliphatic carbocycles. The Morgan fingerprint density at radius 3 is 2.65 bits per heavy atom. The SMILES string of the molecule is CCCCCN(C)c1ccccc1C(=O)OC. The predicted molar refractivity (Wildman–Crippen MR) is 70.6 cm³/mol. The lowest BCUT2D eigenvalue weighted by Crippen LogP contribution is -2.21. The van der Waals surface area contributed by atoms with Crippen LogP contribution in [0.25, 0.3) is 0 Å². The molecular weight excluding hydrogens is 214 g/mol. The molecule has 1 aromatic rings. The maximum absolute atomic E-state index is 11.6. The van der Waals surface area contributed by atoms with Gasteiger partial charge < -0.3 is 9.64 Å². The zero-order valence-corrected chi connectivity index (χ0v) is 10.9. The number of methoxy groups -OCH3 is 1. The van der Waals surface area contributed by atoms with Gasteiger partial charge in [0, 0.05) is 13.6 Å². The average Bonchev–Trinajstić information content (AvgIpc) is 2.38. The highest BCUT2D eigenvalue weighted by atomic mass is 16.5. The van der Waals surface area contributed by atoms with E-state index in [2.05, 4.69) is 11.8 Å². The molecule has 1 aromatic carbocycles. The van der Waals surface area contributed by atoms with Crippen molar-refractivity contribution >= 4 is 11.7 Å². The van der Waals surface area contributed by atoms with E-state index < -0.39 is 0 Å². The molecule has 0 bridgehead atoms. The molecule has 0 fully saturated rings. The summed E-state index contributed by atoms with van der Waals surface area (Å²) >= 11 is 0. The van der Waals surface area contributed by atoms with Gasteiger partial charge in [0.2, 0.25) is 0 Å². The molecule has 0 aliphatic rings. The molecule has 0 saturated heterocycles. The lowest BCUT2D eigenvalue weighted by Gasteiger charge is -2.21. The first kappa shape index (κ1) is 13.6. The number of nitrogens with zero attached hydrogens (tertiary/aromatic N) is 1. The quantitative estimate of drug-likeness (QED) is 0.560. The van der Waals surface area contributed by atoms with Crippen LogP contribution >= 0.6 is 0 Å². The van der Waals surface area contributed by atoms with Crippen molar-refractivity contribution in [2.24, 2.45) is 0 Å². The number of anilines is 1. The summed E-state index contributed by atoms with van der Waals surface area (Å²) in [5.41, 5.74) is 1.57. The third kappa shape index (κ3) is 3.77. The third-order valence-electron chi connectivity index (χ3n) is 2.82. The Kier molecular flexibility index (Phi) is 5.53. The highest BCUT2D eigenvalue weighted by molar-refractivity contribution is 5.95. The van der Waals surface area contributed by atoms with Gasteiger partial charge in [-0.2, -0.15) is 0 Å². The minimum absolute atomic E-state index is 0.275. The van der Waals surface area contributed by atoms with E-state index in [-0.39, 0.29) is 5.97 Å². The van der Waals surface area contributed by atoms with Gasteiger partial charge >= 0.3 is 5.97 Å². The summed E-state index contributed by atoms with van der Waals surface area (Å²) < 4.78 is 4.79. The topological polar surface area (TPSA) is 29.5 Å². The highest BCUT2D eigenvalue weighted by Crippen LogP contribution is 2.20. The highest BCUT2D eigenvalue weighted by Gasteiger charge is 2.13. The van der Waals surface area contributed by atoms with E-state index in [9.17, 15) is 4.79 Å². The van der Waals surface area contributed by atoms with Gasteiger partial charge in [-0.3, -0.25) is 0 Å². The summed E-state index contributed by atoms with van der Waals surface area (Å²) in [5, 5.41) is 0. The molecule has 0 heterocycles. The van der Waals surface area contributed by atoms with Gasteiger partial charge in [-0.1, -0.05) is 31.9 Å². The monoisotopic (exact) mass is 235 g/mol. The maximum Gasteiger partial charge on any atom is 0.339 e. The van der Waals surface area contributed by atoms with E-state index in [4.69, 9.17) is 4.74 Å². The summed E-state index contributed by atoms with van der Waals surface area (Å²) in [6.07, 6.45) is 3.56. The van der Waals surface area contributed by atoms with Gasteiger partial charge in [-0.15, -0.1) is 0 Å². The predicted octanol–water partition coefficient (Wildman–Crippen LogP) is 3.10. The van der Waals surface area contributed by atoms with Crippen LogP contribution in [0.1, 0.15) is 36.5 Å². The number of hydrogen-bond acceptors (Lipinski definition) is 3. The van der Waals surface area contributed by atoms with Crippen molar-refractivity contribution in [1.29, 1.82) is 0 Å². The normalized spacial score (nSPS) is 10.1. The number of carbonyl (C=O) groups is 1. The Morgan fingerprint density at radius 1 is 1.29 bits per heavy atom. The second-order valence-corrected chi connectivity index (χ2v) is 4.14. The van der Waals surface area contributed by atoms with Gasteiger partial charge in [0.1, 0.15) is 0 Å². The number of ether oxygens (including phenoxy) is 1. The van der Waals surface area contributed by atoms with Crippen molar-refractivity contribution in [2.75, 3.05) is 25.6 Å². The van der Waals surface area contributed by atoms with Gasteiger partial charge in [-0.05, 0) is 18.6 Å². The fourth-order valence-corrected chi connectivity index (χ4v) is 1.81. The molecule has 0 atom stereocenters. The van der Waals surface area contributed by atoms with Gasteiger partial charge in [0.15, 0.2) is 0 Å². The molecule has 0 unspecified atom stereocenters. The Morgan fingerprint density at radius 2 is 2.00 bits per heavy atom. The van der Waals surface area contributed by atoms with Crippen molar-refractivity contribution in [1.82, 2.24) is 0 Å². The molecule has 0 aliphatic heterocycles. The molecule has 0 spiro atoms. The van der Waals surface area contributed by atoms with Crippen LogP contribution < -0.4 is 4.90 Å². The second-order valence-electron chi connectivity index (χ2n) is 4.14. The van der Waals surface area contributed by atoms with Crippen LogP contribution in [0.3, 0.4) is 0 Å². The van der Waals surface area contributed by atoms with Crippen LogP contribution in [0.5, 0.6) is 0 Å². The minimum Gasteiger partial charge on any atom is -0.465 e. The standard InChI is InChI=1S/C14H21NO2/c1-4-5-8-11-15(2)13-10-7-6-9-12(13)14(16)17-3/h6-7,9-10H,4-5,8,11H2,1-3H3. The van der Waals surface area contributed by atoms with Crippen LogP contribution in [0, 0.1) is 0 Å².